The van der Waals surface area contributed by atoms with Crippen LogP contribution < -0.4 is 26.0 Å². The Morgan fingerprint density at radius 3 is 2.74 bits per heavy atom. The second-order valence-electron chi connectivity index (χ2n) is 8.45. The van der Waals surface area contributed by atoms with Crippen LogP contribution in [0.5, 0.6) is 11.5 Å². The molecule has 5 rings (SSSR count). The second-order valence-corrected chi connectivity index (χ2v) is 9.37. The number of thiophene rings is 1. The topological polar surface area (TPSA) is 91.6 Å². The molecule has 0 saturated carbocycles. The molecule has 0 saturated heterocycles. The Labute approximate surface area is 205 Å². The first-order chi connectivity index (χ1) is 17.0. The largest absolute Gasteiger partial charge is 0.454 e. The summed E-state index contributed by atoms with van der Waals surface area (Å²) in [6, 6.07) is 15.2. The highest BCUT2D eigenvalue weighted by Gasteiger charge is 2.16. The predicted octanol–water partition coefficient (Wildman–Crippen LogP) is 3.41. The Hall–Kier alpha value is -3.85. The van der Waals surface area contributed by atoms with Crippen LogP contribution in [-0.2, 0) is 24.4 Å². The number of nitrogens with zero attached hydrogens (tertiary/aromatic N) is 2. The lowest BCUT2D eigenvalue weighted by molar-refractivity contribution is -0.121. The van der Waals surface area contributed by atoms with E-state index >= 15 is 0 Å². The maximum absolute atomic E-state index is 13.3. The highest BCUT2D eigenvalue weighted by molar-refractivity contribution is 7.17. The Bertz CT molecular complexity index is 1520. The quantitative estimate of drug-likeness (QED) is 0.408. The molecule has 2 aromatic heterocycles. The minimum absolute atomic E-state index is 0.145. The van der Waals surface area contributed by atoms with Crippen LogP contribution in [0.2, 0.25) is 0 Å². The summed E-state index contributed by atoms with van der Waals surface area (Å²) in [6.07, 6.45) is 0.583. The molecule has 4 aromatic rings. The smallest absolute Gasteiger partial charge is 0.331 e. The lowest BCUT2D eigenvalue weighted by atomic mass is 10.1. The second kappa shape index (κ2) is 9.79. The lowest BCUT2D eigenvalue weighted by Gasteiger charge is -2.13. The summed E-state index contributed by atoms with van der Waals surface area (Å²) in [5, 5.41) is 4.70. The number of carbonyl (C=O) groups excluding carboxylic acids is 1. The maximum atomic E-state index is 13.3. The molecule has 8 nitrogen and oxygen atoms in total. The number of rotatable bonds is 8. The third-order valence-corrected chi connectivity index (χ3v) is 7.03. The first kappa shape index (κ1) is 22.9. The fourth-order valence-electron chi connectivity index (χ4n) is 4.18. The van der Waals surface area contributed by atoms with Gasteiger partial charge in [0.2, 0.25) is 12.7 Å². The highest BCUT2D eigenvalue weighted by atomic mass is 32.1. The van der Waals surface area contributed by atoms with E-state index in [1.54, 1.807) is 4.57 Å². The van der Waals surface area contributed by atoms with Crippen LogP contribution in [0.1, 0.15) is 29.5 Å². The van der Waals surface area contributed by atoms with Gasteiger partial charge in [-0.25, -0.2) is 4.79 Å². The van der Waals surface area contributed by atoms with E-state index in [-0.39, 0.29) is 36.9 Å². The average Bonchev–Trinajstić information content (AvgIpc) is 3.53. The Balaban J connectivity index is 1.27. The van der Waals surface area contributed by atoms with Gasteiger partial charge in [-0.1, -0.05) is 30.3 Å². The zero-order valence-corrected chi connectivity index (χ0v) is 20.1. The highest BCUT2D eigenvalue weighted by Crippen LogP contribution is 2.32. The van der Waals surface area contributed by atoms with Gasteiger partial charge < -0.3 is 14.8 Å². The normalized spacial score (nSPS) is 12.3. The molecular formula is C26H25N3O5S. The number of amides is 1. The summed E-state index contributed by atoms with van der Waals surface area (Å²) in [4.78, 5) is 38.7. The van der Waals surface area contributed by atoms with E-state index in [4.69, 9.17) is 9.47 Å². The number of aryl methyl sites for hydroxylation is 1. The zero-order valence-electron chi connectivity index (χ0n) is 19.3. The van der Waals surface area contributed by atoms with E-state index in [0.717, 1.165) is 16.7 Å². The molecule has 0 unspecified atom stereocenters. The monoisotopic (exact) mass is 491 g/mol. The predicted molar refractivity (Wildman–Crippen MR) is 134 cm³/mol. The molecule has 180 valence electrons. The molecule has 1 N–H and O–H groups in total. The summed E-state index contributed by atoms with van der Waals surface area (Å²) >= 11 is 1.33. The van der Waals surface area contributed by atoms with Gasteiger partial charge >= 0.3 is 5.69 Å². The van der Waals surface area contributed by atoms with Crippen molar-refractivity contribution >= 4 is 27.5 Å². The first-order valence-corrected chi connectivity index (χ1v) is 12.3. The van der Waals surface area contributed by atoms with E-state index in [9.17, 15) is 14.4 Å². The molecule has 0 radical (unpaired) electrons. The zero-order chi connectivity index (χ0) is 24.4. The summed E-state index contributed by atoms with van der Waals surface area (Å²) in [5.74, 6) is 1.22. The van der Waals surface area contributed by atoms with Crippen molar-refractivity contribution in [3.63, 3.8) is 0 Å². The van der Waals surface area contributed by atoms with Crippen LogP contribution in [0.4, 0.5) is 0 Å². The van der Waals surface area contributed by atoms with Crippen molar-refractivity contribution in [3.8, 4) is 11.5 Å². The molecule has 0 atom stereocenters. The molecule has 0 fully saturated rings. The van der Waals surface area contributed by atoms with Crippen LogP contribution in [0.25, 0.3) is 10.2 Å². The van der Waals surface area contributed by atoms with Gasteiger partial charge in [0.25, 0.3) is 5.56 Å². The van der Waals surface area contributed by atoms with Crippen molar-refractivity contribution in [1.29, 1.82) is 0 Å². The Morgan fingerprint density at radius 2 is 1.89 bits per heavy atom. The Kier molecular flexibility index (Phi) is 6.41. The third kappa shape index (κ3) is 4.72. The summed E-state index contributed by atoms with van der Waals surface area (Å²) in [7, 11) is 0. The SMILES string of the molecule is Cc1ccccc1Cn1c(=O)n(CCCC(=O)NCc2ccc3c(c2)OCO3)c(=O)c2sccc21. The molecule has 2 aromatic carbocycles. The van der Waals surface area contributed by atoms with Gasteiger partial charge in [-0.3, -0.25) is 18.7 Å². The molecule has 1 aliphatic rings. The molecular weight excluding hydrogens is 466 g/mol. The fraction of sp³-hybridized carbons (Fsp3) is 0.269. The van der Waals surface area contributed by atoms with E-state index in [1.165, 1.54) is 15.9 Å². The number of hydrogen-bond acceptors (Lipinski definition) is 6. The van der Waals surface area contributed by atoms with E-state index in [2.05, 4.69) is 5.32 Å². The average molecular weight is 492 g/mol. The minimum Gasteiger partial charge on any atom is -0.454 e. The number of aromatic nitrogens is 2. The third-order valence-electron chi connectivity index (χ3n) is 6.14. The number of nitrogens with one attached hydrogen (secondary N) is 1. The molecule has 1 amide bonds. The van der Waals surface area contributed by atoms with Gasteiger partial charge in [0.05, 0.1) is 12.1 Å². The van der Waals surface area contributed by atoms with Crippen molar-refractivity contribution in [1.82, 2.24) is 14.5 Å². The molecule has 0 spiro atoms. The van der Waals surface area contributed by atoms with Gasteiger partial charge in [-0.2, -0.15) is 0 Å². The van der Waals surface area contributed by atoms with Crippen LogP contribution in [0.15, 0.2) is 63.5 Å². The van der Waals surface area contributed by atoms with Crippen LogP contribution in [-0.4, -0.2) is 21.8 Å². The van der Waals surface area contributed by atoms with Crippen molar-refractivity contribution in [2.24, 2.45) is 0 Å². The maximum Gasteiger partial charge on any atom is 0.331 e. The van der Waals surface area contributed by atoms with Crippen LogP contribution >= 0.6 is 11.3 Å². The Morgan fingerprint density at radius 1 is 1.06 bits per heavy atom. The van der Waals surface area contributed by atoms with E-state index in [0.29, 0.717) is 41.2 Å². The van der Waals surface area contributed by atoms with Crippen molar-refractivity contribution in [3.05, 3.63) is 91.4 Å². The molecule has 9 heteroatoms. The standard InChI is InChI=1S/C26H25N3O5S/c1-17-5-2-3-6-19(17)15-29-20-10-12-35-24(20)25(31)28(26(29)32)11-4-7-23(30)27-14-18-8-9-21-22(13-18)34-16-33-21/h2-3,5-6,8-10,12-13H,4,7,11,14-16H2,1H3,(H,27,30). The molecule has 0 bridgehead atoms. The van der Waals surface area contributed by atoms with Gasteiger partial charge in [-0.05, 0) is 53.6 Å². The number of carbonyl (C=O) groups is 1. The number of fused-ring (bicyclic) bond motifs is 2. The molecule has 1 aliphatic heterocycles. The van der Waals surface area contributed by atoms with Crippen molar-refractivity contribution < 1.29 is 14.3 Å². The van der Waals surface area contributed by atoms with Gasteiger partial charge in [0.15, 0.2) is 11.5 Å². The van der Waals surface area contributed by atoms with Crippen molar-refractivity contribution in [2.75, 3.05) is 6.79 Å². The number of hydrogen-bond donors (Lipinski definition) is 1. The van der Waals surface area contributed by atoms with Gasteiger partial charge in [-0.15, -0.1) is 11.3 Å². The summed E-state index contributed by atoms with van der Waals surface area (Å²) < 4.78 is 14.1. The number of ether oxygens (including phenoxy) is 2. The van der Waals surface area contributed by atoms with Crippen LogP contribution in [0.3, 0.4) is 0 Å². The van der Waals surface area contributed by atoms with Gasteiger partial charge in [0, 0.05) is 19.5 Å². The first-order valence-electron chi connectivity index (χ1n) is 11.4. The van der Waals surface area contributed by atoms with E-state index < -0.39 is 0 Å². The number of benzene rings is 2. The van der Waals surface area contributed by atoms with Crippen LogP contribution in [0, 0.1) is 6.92 Å². The summed E-state index contributed by atoms with van der Waals surface area (Å²) in [5.41, 5.74) is 2.99. The molecule has 3 heterocycles. The van der Waals surface area contributed by atoms with Gasteiger partial charge in [0.1, 0.15) is 4.70 Å². The molecule has 0 aliphatic carbocycles. The van der Waals surface area contributed by atoms with Crippen molar-refractivity contribution in [2.45, 2.75) is 39.4 Å². The molecule has 35 heavy (non-hydrogen) atoms. The minimum atomic E-state index is -0.357. The lowest BCUT2D eigenvalue weighted by Crippen LogP contribution is -2.40. The fourth-order valence-corrected chi connectivity index (χ4v) is 5.02. The van der Waals surface area contributed by atoms with E-state index in [1.807, 2.05) is 60.8 Å². The summed E-state index contributed by atoms with van der Waals surface area (Å²) in [6.45, 7) is 3.13.